The molecule has 17 heavy (non-hydrogen) atoms. The lowest BCUT2D eigenvalue weighted by Crippen LogP contribution is -2.03. The van der Waals surface area contributed by atoms with Gasteiger partial charge in [0.15, 0.2) is 0 Å². The van der Waals surface area contributed by atoms with Crippen molar-refractivity contribution in [2.75, 3.05) is 0 Å². The number of rotatable bonds is 3. The van der Waals surface area contributed by atoms with Crippen LogP contribution in [0.1, 0.15) is 17.0 Å². The average Bonchev–Trinajstić information content (AvgIpc) is 2.34. The molecule has 1 nitrogen and oxygen atoms in total. The standard InChI is InChI=1S/C14H10Cl2O/c15-13-7-3-1-5-10(13)12(9-17)11-6-2-4-8-14(11)16/h1-9,12H. The van der Waals surface area contributed by atoms with E-state index in [-0.39, 0.29) is 0 Å². The first-order chi connectivity index (χ1) is 8.24. The van der Waals surface area contributed by atoms with E-state index >= 15 is 0 Å². The molecule has 0 amide bonds. The van der Waals surface area contributed by atoms with Crippen molar-refractivity contribution < 1.29 is 4.79 Å². The summed E-state index contributed by atoms with van der Waals surface area (Å²) < 4.78 is 0. The van der Waals surface area contributed by atoms with Crippen LogP contribution >= 0.6 is 23.2 Å². The van der Waals surface area contributed by atoms with Gasteiger partial charge in [-0.15, -0.1) is 0 Å². The molecule has 0 aliphatic rings. The van der Waals surface area contributed by atoms with Crippen LogP contribution in [0.4, 0.5) is 0 Å². The number of hydrogen-bond acceptors (Lipinski definition) is 1. The topological polar surface area (TPSA) is 17.1 Å². The number of aldehydes is 1. The highest BCUT2D eigenvalue weighted by Gasteiger charge is 2.17. The van der Waals surface area contributed by atoms with Crippen molar-refractivity contribution in [2.45, 2.75) is 5.92 Å². The Labute approximate surface area is 110 Å². The Kier molecular flexibility index (Phi) is 3.82. The molecule has 0 unspecified atom stereocenters. The molecule has 2 aromatic carbocycles. The van der Waals surface area contributed by atoms with Crippen molar-refractivity contribution in [2.24, 2.45) is 0 Å². The lowest BCUT2D eigenvalue weighted by Gasteiger charge is -2.14. The number of halogens is 2. The fourth-order valence-electron chi connectivity index (χ4n) is 1.77. The van der Waals surface area contributed by atoms with Gasteiger partial charge in [-0.25, -0.2) is 0 Å². The molecule has 0 saturated heterocycles. The van der Waals surface area contributed by atoms with Crippen LogP contribution in [0.25, 0.3) is 0 Å². The van der Waals surface area contributed by atoms with E-state index in [1.54, 1.807) is 12.1 Å². The molecule has 0 aliphatic heterocycles. The molecule has 0 bridgehead atoms. The minimum absolute atomic E-state index is 0.419. The van der Waals surface area contributed by atoms with Gasteiger partial charge in [0, 0.05) is 10.0 Å². The summed E-state index contributed by atoms with van der Waals surface area (Å²) in [5.41, 5.74) is 1.55. The number of carbonyl (C=O) groups is 1. The maximum Gasteiger partial charge on any atom is 0.131 e. The number of hydrogen-bond donors (Lipinski definition) is 0. The quantitative estimate of drug-likeness (QED) is 0.755. The van der Waals surface area contributed by atoms with E-state index in [1.165, 1.54) is 0 Å². The van der Waals surface area contributed by atoms with E-state index in [1.807, 2.05) is 36.4 Å². The molecule has 0 aromatic heterocycles. The van der Waals surface area contributed by atoms with Crippen molar-refractivity contribution >= 4 is 29.5 Å². The van der Waals surface area contributed by atoms with Crippen molar-refractivity contribution in [1.29, 1.82) is 0 Å². The van der Waals surface area contributed by atoms with Crippen LogP contribution in [0.2, 0.25) is 10.0 Å². The van der Waals surface area contributed by atoms with Crippen LogP contribution in [0.3, 0.4) is 0 Å². The van der Waals surface area contributed by atoms with E-state index in [4.69, 9.17) is 23.2 Å². The van der Waals surface area contributed by atoms with Gasteiger partial charge < -0.3 is 4.79 Å². The van der Waals surface area contributed by atoms with Gasteiger partial charge in [-0.3, -0.25) is 0 Å². The van der Waals surface area contributed by atoms with Crippen LogP contribution in [0.15, 0.2) is 48.5 Å². The summed E-state index contributed by atoms with van der Waals surface area (Å²) in [7, 11) is 0. The predicted molar refractivity (Wildman–Crippen MR) is 70.8 cm³/mol. The van der Waals surface area contributed by atoms with Gasteiger partial charge in [0.2, 0.25) is 0 Å². The smallest absolute Gasteiger partial charge is 0.131 e. The summed E-state index contributed by atoms with van der Waals surface area (Å²) in [6.07, 6.45) is 0.864. The molecular formula is C14H10Cl2O. The summed E-state index contributed by atoms with van der Waals surface area (Å²) in [4.78, 5) is 11.3. The normalized spacial score (nSPS) is 10.5. The highest BCUT2D eigenvalue weighted by molar-refractivity contribution is 6.32. The molecule has 0 N–H and O–H groups in total. The minimum Gasteiger partial charge on any atom is -0.302 e. The molecule has 0 spiro atoms. The molecule has 2 rings (SSSR count). The van der Waals surface area contributed by atoms with Crippen molar-refractivity contribution in [3.8, 4) is 0 Å². The van der Waals surface area contributed by atoms with Crippen LogP contribution < -0.4 is 0 Å². The van der Waals surface area contributed by atoms with E-state index in [0.717, 1.165) is 17.4 Å². The first-order valence-electron chi connectivity index (χ1n) is 5.18. The van der Waals surface area contributed by atoms with Gasteiger partial charge in [0.1, 0.15) is 6.29 Å². The van der Waals surface area contributed by atoms with Crippen molar-refractivity contribution in [3.05, 3.63) is 69.7 Å². The van der Waals surface area contributed by atoms with Crippen LogP contribution in [0.5, 0.6) is 0 Å². The van der Waals surface area contributed by atoms with Crippen molar-refractivity contribution in [1.82, 2.24) is 0 Å². The zero-order valence-corrected chi connectivity index (χ0v) is 10.4. The maximum absolute atomic E-state index is 11.3. The molecular weight excluding hydrogens is 255 g/mol. The lowest BCUT2D eigenvalue weighted by molar-refractivity contribution is -0.108. The summed E-state index contributed by atoms with van der Waals surface area (Å²) in [5, 5.41) is 1.15. The van der Waals surface area contributed by atoms with E-state index < -0.39 is 5.92 Å². The largest absolute Gasteiger partial charge is 0.302 e. The van der Waals surface area contributed by atoms with Gasteiger partial charge in [0.25, 0.3) is 0 Å². The predicted octanol–water partition coefficient (Wildman–Crippen LogP) is 4.32. The Morgan fingerprint density at radius 1 is 0.824 bits per heavy atom. The van der Waals surface area contributed by atoms with Crippen LogP contribution in [0, 0.1) is 0 Å². The third-order valence-electron chi connectivity index (χ3n) is 2.62. The number of benzene rings is 2. The molecule has 0 heterocycles. The van der Waals surface area contributed by atoms with Gasteiger partial charge in [0.05, 0.1) is 5.92 Å². The summed E-state index contributed by atoms with van der Waals surface area (Å²) in [5.74, 6) is -0.419. The van der Waals surface area contributed by atoms with E-state index in [0.29, 0.717) is 10.0 Å². The van der Waals surface area contributed by atoms with Crippen LogP contribution in [-0.4, -0.2) is 6.29 Å². The molecule has 0 fully saturated rings. The Bertz CT molecular complexity index is 492. The Hall–Kier alpha value is -1.31. The Morgan fingerprint density at radius 2 is 1.24 bits per heavy atom. The zero-order valence-electron chi connectivity index (χ0n) is 8.94. The van der Waals surface area contributed by atoms with E-state index in [9.17, 15) is 4.79 Å². The summed E-state index contributed by atoms with van der Waals surface area (Å²) >= 11 is 12.2. The molecule has 86 valence electrons. The SMILES string of the molecule is O=CC(c1ccccc1Cl)c1ccccc1Cl. The molecule has 0 aliphatic carbocycles. The zero-order chi connectivity index (χ0) is 12.3. The fraction of sp³-hybridized carbons (Fsp3) is 0.0714. The highest BCUT2D eigenvalue weighted by Crippen LogP contribution is 2.32. The van der Waals surface area contributed by atoms with Gasteiger partial charge in [-0.2, -0.15) is 0 Å². The summed E-state index contributed by atoms with van der Waals surface area (Å²) in [6, 6.07) is 14.6. The van der Waals surface area contributed by atoms with Gasteiger partial charge in [-0.1, -0.05) is 59.6 Å². The Balaban J connectivity index is 2.52. The molecule has 2 aromatic rings. The minimum atomic E-state index is -0.419. The second kappa shape index (κ2) is 5.35. The van der Waals surface area contributed by atoms with E-state index in [2.05, 4.69) is 0 Å². The van der Waals surface area contributed by atoms with Gasteiger partial charge >= 0.3 is 0 Å². The molecule has 3 heteroatoms. The third kappa shape index (κ3) is 2.51. The average molecular weight is 265 g/mol. The Morgan fingerprint density at radius 3 is 1.59 bits per heavy atom. The molecule has 0 saturated carbocycles. The summed E-state index contributed by atoms with van der Waals surface area (Å²) in [6.45, 7) is 0. The van der Waals surface area contributed by atoms with Crippen molar-refractivity contribution in [3.63, 3.8) is 0 Å². The second-order valence-electron chi connectivity index (χ2n) is 3.66. The van der Waals surface area contributed by atoms with Crippen LogP contribution in [-0.2, 0) is 4.79 Å². The first-order valence-corrected chi connectivity index (χ1v) is 5.93. The third-order valence-corrected chi connectivity index (χ3v) is 3.31. The van der Waals surface area contributed by atoms with Gasteiger partial charge in [-0.05, 0) is 23.3 Å². The fourth-order valence-corrected chi connectivity index (χ4v) is 2.28. The maximum atomic E-state index is 11.3. The highest BCUT2D eigenvalue weighted by atomic mass is 35.5. The monoisotopic (exact) mass is 264 g/mol. The first kappa shape index (κ1) is 12.2. The number of carbonyl (C=O) groups excluding carboxylic acids is 1. The molecule has 0 atom stereocenters. The lowest BCUT2D eigenvalue weighted by atomic mass is 9.92. The second-order valence-corrected chi connectivity index (χ2v) is 4.47. The molecule has 0 radical (unpaired) electrons.